The van der Waals surface area contributed by atoms with Crippen molar-refractivity contribution in [3.05, 3.63) is 21.9 Å². The minimum atomic E-state index is -0.127. The number of hydrogen-bond donors (Lipinski definition) is 1. The fourth-order valence-electron chi connectivity index (χ4n) is 1.79. The minimum Gasteiger partial charge on any atom is -0.342 e. The second-order valence-corrected chi connectivity index (χ2v) is 5.13. The number of nitrogens with two attached hydrogens (primary N) is 1. The molecule has 1 aliphatic heterocycles. The van der Waals surface area contributed by atoms with Crippen LogP contribution >= 0.6 is 11.3 Å². The summed E-state index contributed by atoms with van der Waals surface area (Å²) < 4.78 is 0. The maximum Gasteiger partial charge on any atom is 0.265 e. The molecule has 1 aromatic rings. The lowest BCUT2D eigenvalue weighted by Crippen LogP contribution is -2.50. The molecule has 0 atom stereocenters. The number of carbonyl (C=O) groups is 2. The molecule has 0 radical (unpaired) electrons. The lowest BCUT2D eigenvalue weighted by atomic mass is 10.2. The number of piperazine rings is 1. The zero-order valence-corrected chi connectivity index (χ0v) is 11.5. The second kappa shape index (κ2) is 5.87. The molecule has 2 heterocycles. The van der Waals surface area contributed by atoms with E-state index in [9.17, 15) is 9.59 Å². The van der Waals surface area contributed by atoms with Gasteiger partial charge in [0.05, 0.1) is 6.54 Å². The van der Waals surface area contributed by atoms with E-state index in [1.165, 1.54) is 11.3 Å². The second-order valence-electron chi connectivity index (χ2n) is 4.21. The van der Waals surface area contributed by atoms with Crippen LogP contribution in [-0.4, -0.2) is 54.8 Å². The molecule has 5 nitrogen and oxygen atoms in total. The highest BCUT2D eigenvalue weighted by molar-refractivity contribution is 7.12. The molecule has 0 aliphatic carbocycles. The van der Waals surface area contributed by atoms with Crippen LogP contribution in [-0.2, 0) is 4.79 Å². The Bertz CT molecular complexity index is 556. The first kappa shape index (κ1) is 13.6. The van der Waals surface area contributed by atoms with E-state index < -0.39 is 0 Å². The summed E-state index contributed by atoms with van der Waals surface area (Å²) in [6.07, 6.45) is 0. The van der Waals surface area contributed by atoms with Gasteiger partial charge >= 0.3 is 0 Å². The third kappa shape index (κ3) is 2.95. The van der Waals surface area contributed by atoms with E-state index in [1.807, 2.05) is 5.38 Å². The molecule has 0 spiro atoms. The third-order valence-corrected chi connectivity index (χ3v) is 3.83. The molecule has 1 fully saturated rings. The van der Waals surface area contributed by atoms with Gasteiger partial charge in [-0.05, 0) is 11.4 Å². The summed E-state index contributed by atoms with van der Waals surface area (Å²) in [5.74, 6) is 5.47. The number of thiophene rings is 1. The molecule has 2 rings (SSSR count). The van der Waals surface area contributed by atoms with Crippen LogP contribution in [0.3, 0.4) is 0 Å². The van der Waals surface area contributed by atoms with Crippen molar-refractivity contribution in [2.75, 3.05) is 33.2 Å². The predicted octanol–water partition coefficient (Wildman–Crippen LogP) is -0.0275. The molecule has 2 amide bonds. The molecule has 0 unspecified atom stereocenters. The highest BCUT2D eigenvalue weighted by Crippen LogP contribution is 2.19. The van der Waals surface area contributed by atoms with Crippen molar-refractivity contribution in [1.29, 1.82) is 0 Å². The Labute approximate surface area is 116 Å². The molecule has 1 saturated heterocycles. The van der Waals surface area contributed by atoms with Crippen LogP contribution in [0.25, 0.3) is 0 Å². The Morgan fingerprint density at radius 2 is 2.32 bits per heavy atom. The van der Waals surface area contributed by atoms with E-state index in [0.717, 1.165) is 0 Å². The first-order chi connectivity index (χ1) is 9.13. The van der Waals surface area contributed by atoms with E-state index in [-0.39, 0.29) is 24.9 Å². The minimum absolute atomic E-state index is 0.0363. The molecule has 2 N–H and O–H groups in total. The Morgan fingerprint density at radius 3 is 3.00 bits per heavy atom. The molecule has 1 aromatic heterocycles. The lowest BCUT2D eigenvalue weighted by molar-refractivity contribution is -0.133. The number of hydrogen-bond acceptors (Lipinski definition) is 4. The largest absolute Gasteiger partial charge is 0.342 e. The zero-order chi connectivity index (χ0) is 13.8. The number of nitrogens with zero attached hydrogens (tertiary/aromatic N) is 2. The van der Waals surface area contributed by atoms with Crippen molar-refractivity contribution in [2.24, 2.45) is 5.73 Å². The van der Waals surface area contributed by atoms with Gasteiger partial charge in [0.15, 0.2) is 0 Å². The average molecular weight is 277 g/mol. The zero-order valence-electron chi connectivity index (χ0n) is 10.7. The molecule has 6 heteroatoms. The van der Waals surface area contributed by atoms with Gasteiger partial charge in [-0.3, -0.25) is 9.59 Å². The number of amides is 2. The number of likely N-dealkylation sites (N-methyl/N-ethyl adjacent to an activating group) is 1. The van der Waals surface area contributed by atoms with Crippen molar-refractivity contribution in [1.82, 2.24) is 9.80 Å². The van der Waals surface area contributed by atoms with Crippen LogP contribution in [0.4, 0.5) is 0 Å². The maximum absolute atomic E-state index is 12.4. The average Bonchev–Trinajstić information content (AvgIpc) is 2.87. The van der Waals surface area contributed by atoms with Crippen molar-refractivity contribution < 1.29 is 9.59 Å². The summed E-state index contributed by atoms with van der Waals surface area (Å²) >= 11 is 1.34. The molecule has 1 aliphatic rings. The standard InChI is InChI=1S/C13H15N3O2S/c1-15-6-7-16(9-11(15)17)13(18)12-10(3-2-5-14)4-8-19-12/h4,8H,5-7,9,14H2,1H3. The third-order valence-electron chi connectivity index (χ3n) is 2.93. The van der Waals surface area contributed by atoms with Crippen LogP contribution in [0.15, 0.2) is 11.4 Å². The van der Waals surface area contributed by atoms with Crippen LogP contribution in [0, 0.1) is 11.8 Å². The molecule has 100 valence electrons. The van der Waals surface area contributed by atoms with Gasteiger partial charge in [0.1, 0.15) is 11.4 Å². The maximum atomic E-state index is 12.4. The Hall–Kier alpha value is -1.84. The molecule has 0 bridgehead atoms. The van der Waals surface area contributed by atoms with Crippen LogP contribution in [0.2, 0.25) is 0 Å². The molecule has 0 aromatic carbocycles. The summed E-state index contributed by atoms with van der Waals surface area (Å²) in [5, 5.41) is 1.83. The van der Waals surface area contributed by atoms with Gasteiger partial charge in [-0.2, -0.15) is 0 Å². The van der Waals surface area contributed by atoms with E-state index in [0.29, 0.717) is 23.5 Å². The van der Waals surface area contributed by atoms with Crippen LogP contribution < -0.4 is 5.73 Å². The predicted molar refractivity (Wildman–Crippen MR) is 73.8 cm³/mol. The fourth-order valence-corrected chi connectivity index (χ4v) is 2.61. The summed E-state index contributed by atoms with van der Waals surface area (Å²) in [5.41, 5.74) is 6.02. The number of rotatable bonds is 1. The molecule has 0 saturated carbocycles. The number of carbonyl (C=O) groups excluding carboxylic acids is 2. The highest BCUT2D eigenvalue weighted by Gasteiger charge is 2.27. The topological polar surface area (TPSA) is 66.6 Å². The van der Waals surface area contributed by atoms with Crippen molar-refractivity contribution in [3.8, 4) is 11.8 Å². The van der Waals surface area contributed by atoms with E-state index in [2.05, 4.69) is 11.8 Å². The molecular formula is C13H15N3O2S. The quantitative estimate of drug-likeness (QED) is 0.733. The van der Waals surface area contributed by atoms with Gasteiger partial charge in [-0.1, -0.05) is 11.8 Å². The Kier molecular flexibility index (Phi) is 4.20. The Balaban J connectivity index is 2.16. The smallest absolute Gasteiger partial charge is 0.265 e. The first-order valence-corrected chi connectivity index (χ1v) is 6.81. The SMILES string of the molecule is CN1CCN(C(=O)c2sccc2C#CCN)CC1=O. The first-order valence-electron chi connectivity index (χ1n) is 5.93. The van der Waals surface area contributed by atoms with Gasteiger partial charge in [-0.25, -0.2) is 0 Å². The summed E-state index contributed by atoms with van der Waals surface area (Å²) in [6.45, 7) is 1.52. The summed E-state index contributed by atoms with van der Waals surface area (Å²) in [6, 6.07) is 1.80. The molecule has 19 heavy (non-hydrogen) atoms. The van der Waals surface area contributed by atoms with E-state index in [1.54, 1.807) is 22.9 Å². The summed E-state index contributed by atoms with van der Waals surface area (Å²) in [7, 11) is 1.74. The highest BCUT2D eigenvalue weighted by atomic mass is 32.1. The van der Waals surface area contributed by atoms with Crippen LogP contribution in [0.5, 0.6) is 0 Å². The van der Waals surface area contributed by atoms with E-state index in [4.69, 9.17) is 5.73 Å². The van der Waals surface area contributed by atoms with Crippen LogP contribution in [0.1, 0.15) is 15.2 Å². The lowest BCUT2D eigenvalue weighted by Gasteiger charge is -2.31. The molecular weight excluding hydrogens is 262 g/mol. The van der Waals surface area contributed by atoms with Gasteiger partial charge in [-0.15, -0.1) is 11.3 Å². The van der Waals surface area contributed by atoms with Crippen molar-refractivity contribution in [3.63, 3.8) is 0 Å². The van der Waals surface area contributed by atoms with Gasteiger partial charge in [0, 0.05) is 25.7 Å². The monoisotopic (exact) mass is 277 g/mol. The van der Waals surface area contributed by atoms with Gasteiger partial charge in [0.2, 0.25) is 5.91 Å². The fraction of sp³-hybridized carbons (Fsp3) is 0.385. The van der Waals surface area contributed by atoms with E-state index >= 15 is 0 Å². The van der Waals surface area contributed by atoms with Crippen molar-refractivity contribution >= 4 is 23.2 Å². The normalized spacial score (nSPS) is 15.2. The Morgan fingerprint density at radius 1 is 1.53 bits per heavy atom. The summed E-state index contributed by atoms with van der Waals surface area (Å²) in [4.78, 5) is 27.8. The van der Waals surface area contributed by atoms with Gasteiger partial charge in [0.25, 0.3) is 5.91 Å². The van der Waals surface area contributed by atoms with Gasteiger partial charge < -0.3 is 15.5 Å². The van der Waals surface area contributed by atoms with Crippen molar-refractivity contribution in [2.45, 2.75) is 0 Å².